The monoisotopic (exact) mass is 724 g/mol. The predicted molar refractivity (Wildman–Crippen MR) is 240 cm³/mol. The lowest BCUT2D eigenvalue weighted by Gasteiger charge is -2.20. The Morgan fingerprint density at radius 2 is 1.06 bits per heavy atom. The molecule has 2 aromatic heterocycles. The van der Waals surface area contributed by atoms with E-state index in [0.717, 1.165) is 0 Å². The first-order chi connectivity index (χ1) is 26.6. The van der Waals surface area contributed by atoms with Crippen molar-refractivity contribution in [2.24, 2.45) is 0 Å². The maximum Gasteiger partial charge on any atom is 0.0434 e. The zero-order valence-corrected chi connectivity index (χ0v) is 31.8. The Labute approximate surface area is 323 Å². The molecule has 0 aliphatic carbocycles. The Balaban J connectivity index is 1.24. The first-order valence-corrected chi connectivity index (χ1v) is 20.2. The van der Waals surface area contributed by atoms with Gasteiger partial charge < -0.3 is 0 Å². The highest BCUT2D eigenvalue weighted by Crippen LogP contribution is 2.49. The van der Waals surface area contributed by atoms with Gasteiger partial charge in [0.1, 0.15) is 0 Å². The highest BCUT2D eigenvalue weighted by Gasteiger charge is 2.22. The fourth-order valence-corrected chi connectivity index (χ4v) is 10.8. The molecule has 0 fully saturated rings. The van der Waals surface area contributed by atoms with Gasteiger partial charge in [0.2, 0.25) is 0 Å². The zero-order chi connectivity index (χ0) is 36.3. The van der Waals surface area contributed by atoms with Crippen LogP contribution in [0.5, 0.6) is 0 Å². The molecule has 0 saturated carbocycles. The Hall–Kier alpha value is -6.06. The van der Waals surface area contributed by atoms with E-state index in [1.807, 2.05) is 17.4 Å². The molecular formula is C52H36S2. The van der Waals surface area contributed by atoms with Crippen molar-refractivity contribution in [3.8, 4) is 44.5 Å². The number of thiophene rings is 2. The highest BCUT2D eigenvalue weighted by molar-refractivity contribution is 7.26. The molecule has 0 atom stereocenters. The van der Waals surface area contributed by atoms with Crippen molar-refractivity contribution in [3.05, 3.63) is 186 Å². The van der Waals surface area contributed by atoms with Crippen LogP contribution in [0.3, 0.4) is 0 Å². The lowest BCUT2D eigenvalue weighted by atomic mass is 9.83. The number of benzene rings is 8. The van der Waals surface area contributed by atoms with Crippen LogP contribution < -0.4 is 0 Å². The summed E-state index contributed by atoms with van der Waals surface area (Å²) in [6.07, 6.45) is 6.21. The summed E-state index contributed by atoms with van der Waals surface area (Å²) in [6, 6.07) is 51.7. The van der Waals surface area contributed by atoms with Gasteiger partial charge >= 0.3 is 0 Å². The van der Waals surface area contributed by atoms with E-state index in [2.05, 4.69) is 183 Å². The van der Waals surface area contributed by atoms with E-state index in [1.54, 1.807) is 11.3 Å². The molecule has 0 nitrogen and oxygen atoms in total. The molecule has 0 saturated heterocycles. The van der Waals surface area contributed by atoms with Gasteiger partial charge in [-0.3, -0.25) is 0 Å². The van der Waals surface area contributed by atoms with Gasteiger partial charge in [0.05, 0.1) is 0 Å². The van der Waals surface area contributed by atoms with Gasteiger partial charge in [-0.15, -0.1) is 11.3 Å². The van der Waals surface area contributed by atoms with Crippen molar-refractivity contribution < 1.29 is 0 Å². The minimum atomic E-state index is 1.24. The van der Waals surface area contributed by atoms with E-state index < -0.39 is 0 Å². The van der Waals surface area contributed by atoms with Gasteiger partial charge in [0.15, 0.2) is 0 Å². The molecule has 8 aromatic carbocycles. The summed E-state index contributed by atoms with van der Waals surface area (Å²) in [7, 11) is 0. The third-order valence-corrected chi connectivity index (χ3v) is 13.2. The van der Waals surface area contributed by atoms with Crippen LogP contribution in [0.4, 0.5) is 0 Å². The van der Waals surface area contributed by atoms with Crippen molar-refractivity contribution in [2.45, 2.75) is 13.8 Å². The van der Waals surface area contributed by atoms with Gasteiger partial charge in [0.25, 0.3) is 0 Å². The number of hydrogen-bond donors (Lipinski definition) is 0. The second kappa shape index (κ2) is 13.1. The van der Waals surface area contributed by atoms with Crippen LogP contribution in [-0.4, -0.2) is 0 Å². The standard InChI is InChI=1S/C52H36S2/c1-4-5-18-36-33(3)48(37-19-9-14-24-42(37)51(36)46-31-53-30-32(46)2)44-26-15-25-43-45-29-35(27-28-47(45)54-52(43)44)50-40-22-12-10-20-38(40)49(34-16-7-6-8-17-34)39-21-11-13-23-41(39)50/h4-31H,1H2,2-3H3/b18-5-. The van der Waals surface area contributed by atoms with Gasteiger partial charge in [-0.25, -0.2) is 0 Å². The lowest BCUT2D eigenvalue weighted by Crippen LogP contribution is -1.96. The van der Waals surface area contributed by atoms with E-state index >= 15 is 0 Å². The molecular weight excluding hydrogens is 689 g/mol. The third-order valence-electron chi connectivity index (χ3n) is 11.1. The molecule has 0 N–H and O–H groups in total. The Morgan fingerprint density at radius 3 is 1.67 bits per heavy atom. The summed E-state index contributed by atoms with van der Waals surface area (Å²) < 4.78 is 2.63. The maximum atomic E-state index is 4.02. The molecule has 2 heteroatoms. The second-order valence-electron chi connectivity index (χ2n) is 14.1. The molecule has 0 spiro atoms. The van der Waals surface area contributed by atoms with Gasteiger partial charge in [-0.05, 0) is 125 Å². The molecule has 10 aromatic rings. The summed E-state index contributed by atoms with van der Waals surface area (Å²) in [6.45, 7) is 8.54. The largest absolute Gasteiger partial charge is 0.151 e. The molecule has 0 aliphatic rings. The van der Waals surface area contributed by atoms with E-state index in [-0.39, 0.29) is 0 Å². The Kier molecular flexibility index (Phi) is 7.91. The van der Waals surface area contributed by atoms with Crippen molar-refractivity contribution >= 4 is 81.2 Å². The average molecular weight is 725 g/mol. The average Bonchev–Trinajstić information content (AvgIpc) is 3.82. The summed E-state index contributed by atoms with van der Waals surface area (Å²) in [5, 5.41) is 14.8. The quantitative estimate of drug-likeness (QED) is 0.118. The molecule has 2 heterocycles. The number of allylic oxidation sites excluding steroid dienone is 2. The SMILES string of the molecule is C=C/C=C\c1c(C)c(-c2cccc3c2sc2ccc(-c4c5ccccc5c(-c5ccccc5)c5ccccc45)cc23)c2ccccc2c1-c1cscc1C. The summed E-state index contributed by atoms with van der Waals surface area (Å²) >= 11 is 3.68. The molecule has 256 valence electrons. The van der Waals surface area contributed by atoms with Crippen LogP contribution in [-0.2, 0) is 0 Å². The fraction of sp³-hybridized carbons (Fsp3) is 0.0385. The van der Waals surface area contributed by atoms with E-state index in [0.29, 0.717) is 0 Å². The second-order valence-corrected chi connectivity index (χ2v) is 15.9. The van der Waals surface area contributed by atoms with Crippen LogP contribution in [0.2, 0.25) is 0 Å². The molecule has 10 rings (SSSR count). The molecule has 0 radical (unpaired) electrons. The summed E-state index contributed by atoms with van der Waals surface area (Å²) in [4.78, 5) is 0. The smallest absolute Gasteiger partial charge is 0.0434 e. The number of fused-ring (bicyclic) bond motifs is 6. The van der Waals surface area contributed by atoms with Crippen LogP contribution in [0.25, 0.3) is 103 Å². The van der Waals surface area contributed by atoms with E-state index in [9.17, 15) is 0 Å². The predicted octanol–water partition coefficient (Wildman–Crippen LogP) is 16.1. The van der Waals surface area contributed by atoms with Crippen molar-refractivity contribution in [1.82, 2.24) is 0 Å². The molecule has 54 heavy (non-hydrogen) atoms. The maximum absolute atomic E-state index is 4.02. The number of rotatable bonds is 6. The van der Waals surface area contributed by atoms with Crippen molar-refractivity contribution in [1.29, 1.82) is 0 Å². The van der Waals surface area contributed by atoms with Crippen LogP contribution >= 0.6 is 22.7 Å². The summed E-state index contributed by atoms with van der Waals surface area (Å²) in [5.41, 5.74) is 14.1. The Bertz CT molecular complexity index is 3080. The van der Waals surface area contributed by atoms with Gasteiger partial charge in [0, 0.05) is 25.7 Å². The number of hydrogen-bond acceptors (Lipinski definition) is 2. The van der Waals surface area contributed by atoms with Crippen LogP contribution in [0.15, 0.2) is 169 Å². The van der Waals surface area contributed by atoms with Crippen LogP contribution in [0.1, 0.15) is 16.7 Å². The molecule has 0 aliphatic heterocycles. The topological polar surface area (TPSA) is 0 Å². The Morgan fingerprint density at radius 1 is 0.481 bits per heavy atom. The zero-order valence-electron chi connectivity index (χ0n) is 30.2. The molecule has 0 unspecified atom stereocenters. The van der Waals surface area contributed by atoms with Gasteiger partial charge in [-0.2, -0.15) is 11.3 Å². The molecule has 0 amide bonds. The van der Waals surface area contributed by atoms with Crippen molar-refractivity contribution in [3.63, 3.8) is 0 Å². The van der Waals surface area contributed by atoms with E-state index in [1.165, 1.54) is 114 Å². The van der Waals surface area contributed by atoms with Gasteiger partial charge in [-0.1, -0.05) is 152 Å². The normalized spacial score (nSPS) is 11.9. The minimum Gasteiger partial charge on any atom is -0.151 e. The van der Waals surface area contributed by atoms with E-state index in [4.69, 9.17) is 0 Å². The summed E-state index contributed by atoms with van der Waals surface area (Å²) in [5.74, 6) is 0. The first kappa shape index (κ1) is 32.6. The first-order valence-electron chi connectivity index (χ1n) is 18.4. The third kappa shape index (κ3) is 5.02. The number of aryl methyl sites for hydroxylation is 1. The fourth-order valence-electron chi connectivity index (χ4n) is 8.72. The van der Waals surface area contributed by atoms with Crippen molar-refractivity contribution in [2.75, 3.05) is 0 Å². The lowest BCUT2D eigenvalue weighted by molar-refractivity contribution is 1.45. The molecule has 0 bridgehead atoms. The minimum absolute atomic E-state index is 1.24. The highest BCUT2D eigenvalue weighted by atomic mass is 32.1. The van der Waals surface area contributed by atoms with Crippen LogP contribution in [0, 0.1) is 13.8 Å².